The van der Waals surface area contributed by atoms with Gasteiger partial charge in [0.05, 0.1) is 0 Å². The van der Waals surface area contributed by atoms with Crippen molar-refractivity contribution < 1.29 is 4.79 Å². The van der Waals surface area contributed by atoms with E-state index in [0.29, 0.717) is 0 Å². The largest absolute Gasteiger partial charge is 0.326 e. The van der Waals surface area contributed by atoms with Gasteiger partial charge in [-0.15, -0.1) is 0 Å². The normalized spacial score (nSPS) is 8.52. The molecular weight excluding hydrogens is 306 g/mol. The summed E-state index contributed by atoms with van der Waals surface area (Å²) in [5.41, 5.74) is 5.90. The predicted octanol–water partition coefficient (Wildman–Crippen LogP) is 6.87. The van der Waals surface area contributed by atoms with E-state index in [2.05, 4.69) is 43.4 Å². The van der Waals surface area contributed by atoms with Gasteiger partial charge in [0.1, 0.15) is 0 Å². The fourth-order valence-electron chi connectivity index (χ4n) is 2.01. The van der Waals surface area contributed by atoms with Crippen LogP contribution in [0.25, 0.3) is 0 Å². The van der Waals surface area contributed by atoms with Crippen molar-refractivity contribution in [2.45, 2.75) is 68.7 Å². The van der Waals surface area contributed by atoms with Crippen molar-refractivity contribution in [2.75, 3.05) is 5.32 Å². The van der Waals surface area contributed by atoms with Crippen LogP contribution in [-0.4, -0.2) is 5.91 Å². The fourth-order valence-corrected chi connectivity index (χ4v) is 2.01. The number of rotatable bonds is 2. The summed E-state index contributed by atoms with van der Waals surface area (Å²) in [5.74, 6) is -0.0209. The molecule has 0 spiro atoms. The molecule has 0 aliphatic rings. The highest BCUT2D eigenvalue weighted by Gasteiger charge is 2.01. The molecule has 0 heterocycles. The Balaban J connectivity index is 0. The molecule has 0 bridgehead atoms. The van der Waals surface area contributed by atoms with Crippen LogP contribution in [0.3, 0.4) is 0 Å². The lowest BCUT2D eigenvalue weighted by molar-refractivity contribution is -0.114. The zero-order valence-corrected chi connectivity index (χ0v) is 17.7. The monoisotopic (exact) mass is 343 g/mol. The van der Waals surface area contributed by atoms with Crippen LogP contribution in [0.1, 0.15) is 63.8 Å². The molecule has 0 saturated carbocycles. The first-order valence-corrected chi connectivity index (χ1v) is 9.33. The number of hydrogen-bond acceptors (Lipinski definition) is 1. The van der Waals surface area contributed by atoms with Crippen molar-refractivity contribution in [3.8, 4) is 0 Å². The number of carbonyl (C=O) groups is 1. The fraction of sp³-hybridized carbons (Fsp3) is 0.435. The molecule has 2 aromatic carbocycles. The van der Waals surface area contributed by atoms with Crippen molar-refractivity contribution in [2.24, 2.45) is 0 Å². The third-order valence-electron chi connectivity index (χ3n) is 3.31. The van der Waals surface area contributed by atoms with Crippen LogP contribution in [0.4, 0.5) is 5.69 Å². The second-order valence-electron chi connectivity index (χ2n) is 5.29. The number of amides is 1. The van der Waals surface area contributed by atoms with E-state index in [4.69, 9.17) is 0 Å². The summed E-state index contributed by atoms with van der Waals surface area (Å²) in [4.78, 5) is 10.8. The molecular formula is C23H37NO. The SMILES string of the molecule is CC.CC.CC(=O)Nc1c(C)cccc1C.CCc1ccc(C)cc1. The van der Waals surface area contributed by atoms with Gasteiger partial charge in [0.25, 0.3) is 0 Å². The first-order valence-electron chi connectivity index (χ1n) is 9.33. The zero-order chi connectivity index (χ0) is 19.8. The second kappa shape index (κ2) is 15.4. The van der Waals surface area contributed by atoms with E-state index in [1.54, 1.807) is 0 Å². The summed E-state index contributed by atoms with van der Waals surface area (Å²) >= 11 is 0. The van der Waals surface area contributed by atoms with E-state index in [0.717, 1.165) is 23.2 Å². The first-order chi connectivity index (χ1) is 11.9. The topological polar surface area (TPSA) is 29.1 Å². The highest BCUT2D eigenvalue weighted by atomic mass is 16.1. The minimum Gasteiger partial charge on any atom is -0.326 e. The first kappa shape index (κ1) is 25.2. The molecule has 25 heavy (non-hydrogen) atoms. The average molecular weight is 344 g/mol. The summed E-state index contributed by atoms with van der Waals surface area (Å²) in [6.07, 6.45) is 1.14. The Morgan fingerprint density at radius 2 is 1.28 bits per heavy atom. The van der Waals surface area contributed by atoms with Crippen LogP contribution in [0, 0.1) is 20.8 Å². The predicted molar refractivity (Wildman–Crippen MR) is 113 cm³/mol. The Morgan fingerprint density at radius 1 is 0.840 bits per heavy atom. The van der Waals surface area contributed by atoms with Gasteiger partial charge >= 0.3 is 0 Å². The van der Waals surface area contributed by atoms with Crippen molar-refractivity contribution in [3.05, 3.63) is 64.7 Å². The number of para-hydroxylation sites is 1. The van der Waals surface area contributed by atoms with Gasteiger partial charge in [-0.1, -0.05) is 82.6 Å². The molecule has 1 amide bonds. The van der Waals surface area contributed by atoms with Crippen molar-refractivity contribution in [1.82, 2.24) is 0 Å². The number of hydrogen-bond donors (Lipinski definition) is 1. The Kier molecular flexibility index (Phi) is 15.5. The summed E-state index contributed by atoms with van der Waals surface area (Å²) in [6, 6.07) is 14.6. The van der Waals surface area contributed by atoms with Gasteiger partial charge in [-0.2, -0.15) is 0 Å². The molecule has 0 aliphatic heterocycles. The van der Waals surface area contributed by atoms with Crippen molar-refractivity contribution >= 4 is 11.6 Å². The number of anilines is 1. The van der Waals surface area contributed by atoms with Crippen LogP contribution < -0.4 is 5.32 Å². The van der Waals surface area contributed by atoms with Crippen LogP contribution in [-0.2, 0) is 11.2 Å². The quantitative estimate of drug-likeness (QED) is 0.633. The highest BCUT2D eigenvalue weighted by Crippen LogP contribution is 2.18. The molecule has 2 rings (SSSR count). The molecule has 1 N–H and O–H groups in total. The van der Waals surface area contributed by atoms with Gasteiger partial charge < -0.3 is 5.32 Å². The number of carbonyl (C=O) groups excluding carboxylic acids is 1. The van der Waals surface area contributed by atoms with E-state index in [1.165, 1.54) is 18.1 Å². The number of nitrogens with one attached hydrogen (secondary N) is 1. The maximum Gasteiger partial charge on any atom is 0.221 e. The molecule has 2 heteroatoms. The molecule has 2 nitrogen and oxygen atoms in total. The van der Waals surface area contributed by atoms with E-state index < -0.39 is 0 Å². The van der Waals surface area contributed by atoms with Gasteiger partial charge in [-0.3, -0.25) is 4.79 Å². The summed E-state index contributed by atoms with van der Waals surface area (Å²) in [5, 5.41) is 2.80. The maximum atomic E-state index is 10.8. The molecule has 2 aromatic rings. The van der Waals surface area contributed by atoms with Gasteiger partial charge in [-0.25, -0.2) is 0 Å². The summed E-state index contributed by atoms with van der Waals surface area (Å²) in [7, 11) is 0. The molecule has 0 unspecified atom stereocenters. The van der Waals surface area contributed by atoms with E-state index >= 15 is 0 Å². The van der Waals surface area contributed by atoms with E-state index in [-0.39, 0.29) is 5.91 Å². The minimum absolute atomic E-state index is 0.0209. The van der Waals surface area contributed by atoms with Gasteiger partial charge in [-0.05, 0) is 43.9 Å². The van der Waals surface area contributed by atoms with Gasteiger partial charge in [0.2, 0.25) is 5.91 Å². The molecule has 0 atom stereocenters. The van der Waals surface area contributed by atoms with Crippen molar-refractivity contribution in [1.29, 1.82) is 0 Å². The molecule has 140 valence electrons. The van der Waals surface area contributed by atoms with Crippen LogP contribution in [0.2, 0.25) is 0 Å². The van der Waals surface area contributed by atoms with Gasteiger partial charge in [0.15, 0.2) is 0 Å². The lowest BCUT2D eigenvalue weighted by Crippen LogP contribution is -2.08. The van der Waals surface area contributed by atoms with Crippen LogP contribution >= 0.6 is 0 Å². The average Bonchev–Trinajstić information content (AvgIpc) is 2.63. The smallest absolute Gasteiger partial charge is 0.221 e. The van der Waals surface area contributed by atoms with E-state index in [1.807, 2.05) is 59.7 Å². The molecule has 0 aliphatic carbocycles. The molecule has 0 radical (unpaired) electrons. The summed E-state index contributed by atoms with van der Waals surface area (Å²) < 4.78 is 0. The molecule has 0 saturated heterocycles. The lowest BCUT2D eigenvalue weighted by Gasteiger charge is -2.08. The Bertz CT molecular complexity index is 565. The zero-order valence-electron chi connectivity index (χ0n) is 17.7. The molecule has 0 aromatic heterocycles. The van der Waals surface area contributed by atoms with Gasteiger partial charge in [0, 0.05) is 12.6 Å². The lowest BCUT2D eigenvalue weighted by atomic mass is 10.1. The second-order valence-corrected chi connectivity index (χ2v) is 5.29. The van der Waals surface area contributed by atoms with Crippen molar-refractivity contribution in [3.63, 3.8) is 0 Å². The standard InChI is InChI=1S/C10H13NO.C9H12.2C2H6/c1-7-5-4-6-8(2)10(7)11-9(3)12;1-3-9-6-4-8(2)5-7-9;2*1-2/h4-6H,1-3H3,(H,11,12);4-7H,3H2,1-2H3;2*1-2H3. The third-order valence-corrected chi connectivity index (χ3v) is 3.31. The van der Waals surface area contributed by atoms with Crippen LogP contribution in [0.5, 0.6) is 0 Å². The molecule has 0 fully saturated rings. The Morgan fingerprint density at radius 3 is 1.64 bits per heavy atom. The number of benzene rings is 2. The van der Waals surface area contributed by atoms with Crippen LogP contribution in [0.15, 0.2) is 42.5 Å². The number of aryl methyl sites for hydroxylation is 4. The third kappa shape index (κ3) is 11.1. The summed E-state index contributed by atoms with van der Waals surface area (Å²) in [6.45, 7) is 17.8. The maximum absolute atomic E-state index is 10.8. The Hall–Kier alpha value is -2.09. The Labute approximate surface area is 155 Å². The minimum atomic E-state index is -0.0209. The van der Waals surface area contributed by atoms with E-state index in [9.17, 15) is 4.79 Å². The highest BCUT2D eigenvalue weighted by molar-refractivity contribution is 5.90.